The van der Waals surface area contributed by atoms with E-state index in [1.54, 1.807) is 0 Å². The third kappa shape index (κ3) is 13.7. The normalized spacial score (nSPS) is 10.8. The fraction of sp³-hybridized carbons (Fsp3) is 1.00. The van der Waals surface area contributed by atoms with Crippen molar-refractivity contribution in [3.8, 4) is 0 Å². The minimum atomic E-state index is -3.82. The van der Waals surface area contributed by atoms with Crippen LogP contribution >= 0.6 is 11.6 Å². The van der Waals surface area contributed by atoms with Crippen molar-refractivity contribution in [1.82, 2.24) is 0 Å². The van der Waals surface area contributed by atoms with Gasteiger partial charge < -0.3 is 4.74 Å². The number of hydrogen-bond donors (Lipinski definition) is 1. The summed E-state index contributed by atoms with van der Waals surface area (Å²) >= 11 is 5.28. The van der Waals surface area contributed by atoms with Crippen LogP contribution in [0.15, 0.2) is 0 Å². The van der Waals surface area contributed by atoms with Gasteiger partial charge in [0, 0.05) is 42.0 Å². The van der Waals surface area contributed by atoms with Crippen LogP contribution in [-0.2, 0) is 14.9 Å². The van der Waals surface area contributed by atoms with Crippen LogP contribution in [0.2, 0.25) is 0 Å². The van der Waals surface area contributed by atoms with E-state index in [1.807, 2.05) is 0 Å². The van der Waals surface area contributed by atoms with E-state index in [1.165, 1.54) is 0 Å². The van der Waals surface area contributed by atoms with E-state index in [-0.39, 0.29) is 35.3 Å². The zero-order valence-corrected chi connectivity index (χ0v) is 10.6. The molecule has 1 radical (unpaired) electrons. The smallest absolute Gasteiger partial charge is 0.264 e. The van der Waals surface area contributed by atoms with E-state index in [0.717, 1.165) is 0 Å². The second-order valence-corrected chi connectivity index (χ2v) is 3.89. The average molecular weight is 226 g/mol. The first-order valence-electron chi connectivity index (χ1n) is 3.15. The summed E-state index contributed by atoms with van der Waals surface area (Å²) in [6, 6.07) is 0. The van der Waals surface area contributed by atoms with Gasteiger partial charge in [0.1, 0.15) is 0 Å². The van der Waals surface area contributed by atoms with Gasteiger partial charge in [-0.15, -0.1) is 11.6 Å². The molecule has 0 aliphatic heterocycles. The molecule has 0 aromatic heterocycles. The second kappa shape index (κ2) is 8.74. The van der Waals surface area contributed by atoms with Gasteiger partial charge in [-0.05, 0) is 6.42 Å². The maximum absolute atomic E-state index is 10.1. The Kier molecular flexibility index (Phi) is 11.4. The van der Waals surface area contributed by atoms with Gasteiger partial charge in [-0.25, -0.2) is 0 Å². The van der Waals surface area contributed by atoms with Crippen molar-refractivity contribution in [2.45, 2.75) is 6.42 Å². The van der Waals surface area contributed by atoms with E-state index >= 15 is 0 Å². The Morgan fingerprint density at radius 3 is 2.33 bits per heavy atom. The molecule has 0 aliphatic rings. The Bertz CT molecular complexity index is 182. The van der Waals surface area contributed by atoms with E-state index < -0.39 is 10.1 Å². The van der Waals surface area contributed by atoms with Gasteiger partial charge in [-0.1, -0.05) is 0 Å². The average Bonchev–Trinajstić information content (AvgIpc) is 1.85. The topological polar surface area (TPSA) is 63.6 Å². The summed E-state index contributed by atoms with van der Waals surface area (Å²) in [7, 11) is -3.82. The molecule has 0 aliphatic carbocycles. The standard InChI is InChI=1S/C5H11ClO4S.Na/c6-2-4-10-3-1-5-11(7,8)9;/h1-5H2,(H,7,8,9);. The van der Waals surface area contributed by atoms with Gasteiger partial charge >= 0.3 is 0 Å². The number of ether oxygens (including phenoxy) is 1. The SMILES string of the molecule is O=S(=O)(O)CCCOCCCl.[Na]. The van der Waals surface area contributed by atoms with Crippen molar-refractivity contribution in [3.63, 3.8) is 0 Å². The van der Waals surface area contributed by atoms with E-state index in [4.69, 9.17) is 20.9 Å². The largest absolute Gasteiger partial charge is 0.380 e. The summed E-state index contributed by atoms with van der Waals surface area (Å²) in [5.41, 5.74) is 0. The van der Waals surface area contributed by atoms with Crippen LogP contribution in [0.25, 0.3) is 0 Å². The predicted octanol–water partition coefficient (Wildman–Crippen LogP) is 0.139. The second-order valence-electron chi connectivity index (χ2n) is 1.94. The van der Waals surface area contributed by atoms with Gasteiger partial charge in [0.25, 0.3) is 10.1 Å². The fourth-order valence-corrected chi connectivity index (χ4v) is 1.09. The van der Waals surface area contributed by atoms with Crippen molar-refractivity contribution in [2.75, 3.05) is 24.8 Å². The summed E-state index contributed by atoms with van der Waals surface area (Å²) in [5, 5.41) is 0. The van der Waals surface area contributed by atoms with Crippen molar-refractivity contribution in [3.05, 3.63) is 0 Å². The van der Waals surface area contributed by atoms with Crippen molar-refractivity contribution in [2.24, 2.45) is 0 Å². The Hall–Kier alpha value is 1.16. The van der Waals surface area contributed by atoms with Crippen LogP contribution in [0.5, 0.6) is 0 Å². The molecule has 0 aromatic carbocycles. The molecule has 0 spiro atoms. The van der Waals surface area contributed by atoms with Gasteiger partial charge in [-0.2, -0.15) is 8.42 Å². The van der Waals surface area contributed by atoms with Crippen LogP contribution < -0.4 is 0 Å². The molecule has 0 saturated heterocycles. The first-order valence-corrected chi connectivity index (χ1v) is 5.29. The van der Waals surface area contributed by atoms with Crippen molar-refractivity contribution >= 4 is 51.3 Å². The van der Waals surface area contributed by atoms with Crippen LogP contribution in [-0.4, -0.2) is 67.4 Å². The zero-order chi connectivity index (χ0) is 8.74. The molecule has 4 nitrogen and oxygen atoms in total. The van der Waals surface area contributed by atoms with E-state index in [2.05, 4.69) is 0 Å². The van der Waals surface area contributed by atoms with Crippen molar-refractivity contribution < 1.29 is 17.7 Å². The maximum Gasteiger partial charge on any atom is 0.264 e. The van der Waals surface area contributed by atoms with E-state index in [0.29, 0.717) is 25.5 Å². The van der Waals surface area contributed by atoms with Crippen molar-refractivity contribution in [1.29, 1.82) is 0 Å². The molecule has 0 bridgehead atoms. The molecule has 12 heavy (non-hydrogen) atoms. The molecule has 7 heteroatoms. The summed E-state index contributed by atoms with van der Waals surface area (Å²) in [5.74, 6) is 0.140. The number of rotatable bonds is 6. The van der Waals surface area contributed by atoms with Gasteiger partial charge in [-0.3, -0.25) is 4.55 Å². The molecule has 0 fully saturated rings. The first kappa shape index (κ1) is 15.6. The molecule has 0 saturated carbocycles. The van der Waals surface area contributed by atoms with Gasteiger partial charge in [0.2, 0.25) is 0 Å². The summed E-state index contributed by atoms with van der Waals surface area (Å²) in [6.07, 6.45) is 0.301. The molecule has 0 rings (SSSR count). The van der Waals surface area contributed by atoms with Gasteiger partial charge in [0.05, 0.1) is 12.4 Å². The summed E-state index contributed by atoms with van der Waals surface area (Å²) in [6.45, 7) is 0.722. The quantitative estimate of drug-likeness (QED) is 0.302. The maximum atomic E-state index is 10.1. The molecule has 0 atom stereocenters. The third-order valence-electron chi connectivity index (χ3n) is 0.912. The number of hydrogen-bond acceptors (Lipinski definition) is 3. The molecule has 0 amide bonds. The van der Waals surface area contributed by atoms with Gasteiger partial charge in [0.15, 0.2) is 0 Å². The monoisotopic (exact) mass is 225 g/mol. The summed E-state index contributed by atoms with van der Waals surface area (Å²) < 4.78 is 33.4. The molecular weight excluding hydrogens is 215 g/mol. The molecule has 1 N–H and O–H groups in total. The number of halogens is 1. The molecular formula is C5H11ClNaO4S. The summed E-state index contributed by atoms with van der Waals surface area (Å²) in [4.78, 5) is 0. The Balaban J connectivity index is 0. The molecule has 69 valence electrons. The fourth-order valence-electron chi connectivity index (χ4n) is 0.500. The minimum Gasteiger partial charge on any atom is -0.380 e. The first-order chi connectivity index (χ1) is 5.06. The van der Waals surface area contributed by atoms with Crippen LogP contribution in [0, 0.1) is 0 Å². The Labute approximate surface area is 99.7 Å². The number of alkyl halides is 1. The molecule has 0 heterocycles. The third-order valence-corrected chi connectivity index (χ3v) is 1.87. The Morgan fingerprint density at radius 2 is 1.92 bits per heavy atom. The van der Waals surface area contributed by atoms with Crippen LogP contribution in [0.4, 0.5) is 0 Å². The predicted molar refractivity (Wildman–Crippen MR) is 48.3 cm³/mol. The van der Waals surface area contributed by atoms with Crippen LogP contribution in [0.1, 0.15) is 6.42 Å². The molecule has 0 aromatic rings. The molecule has 0 unspecified atom stereocenters. The van der Waals surface area contributed by atoms with E-state index in [9.17, 15) is 8.42 Å². The zero-order valence-electron chi connectivity index (χ0n) is 6.99. The van der Waals surface area contributed by atoms with Crippen LogP contribution in [0.3, 0.4) is 0 Å². The minimum absolute atomic E-state index is 0. The Morgan fingerprint density at radius 1 is 1.33 bits per heavy atom.